The number of methoxy groups -OCH3 is 1. The number of alkyl halides is 3. The van der Waals surface area contributed by atoms with Gasteiger partial charge in [0.1, 0.15) is 17.7 Å². The van der Waals surface area contributed by atoms with E-state index in [2.05, 4.69) is 15.3 Å². The average molecular weight is 476 g/mol. The van der Waals surface area contributed by atoms with Crippen LogP contribution in [0.4, 0.5) is 24.7 Å². The van der Waals surface area contributed by atoms with Gasteiger partial charge in [0.15, 0.2) is 11.5 Å². The number of fused-ring (bicyclic) bond motifs is 1. The van der Waals surface area contributed by atoms with Crippen LogP contribution in [-0.2, 0) is 10.9 Å². The second kappa shape index (κ2) is 9.17. The lowest BCUT2D eigenvalue weighted by molar-refractivity contribution is -0.138. The van der Waals surface area contributed by atoms with Crippen molar-refractivity contribution in [3.05, 3.63) is 46.8 Å². The van der Waals surface area contributed by atoms with Crippen molar-refractivity contribution in [1.82, 2.24) is 9.97 Å². The van der Waals surface area contributed by atoms with Crippen molar-refractivity contribution in [1.29, 1.82) is 0 Å². The van der Waals surface area contributed by atoms with E-state index in [1.165, 1.54) is 6.92 Å². The molecule has 7 nitrogen and oxygen atoms in total. The first-order valence-electron chi connectivity index (χ1n) is 10.9. The molecule has 2 atom stereocenters. The number of halogens is 3. The highest BCUT2D eigenvalue weighted by Crippen LogP contribution is 2.39. The molecule has 1 saturated heterocycles. The Kier molecular flexibility index (Phi) is 6.44. The van der Waals surface area contributed by atoms with Gasteiger partial charge in [-0.15, -0.1) is 0 Å². The smallest absolute Gasteiger partial charge is 0.416 e. The molecule has 1 aliphatic heterocycles. The van der Waals surface area contributed by atoms with Crippen molar-refractivity contribution in [3.8, 4) is 11.5 Å². The molecule has 2 aromatic carbocycles. The van der Waals surface area contributed by atoms with Crippen molar-refractivity contribution in [2.75, 3.05) is 31.4 Å². The summed E-state index contributed by atoms with van der Waals surface area (Å²) in [6.07, 6.45) is -3.83. The van der Waals surface area contributed by atoms with Gasteiger partial charge >= 0.3 is 6.18 Å². The van der Waals surface area contributed by atoms with Crippen LogP contribution in [-0.4, -0.2) is 36.4 Å². The third-order valence-electron chi connectivity index (χ3n) is 5.87. The molecule has 3 N–H and O–H groups in total. The van der Waals surface area contributed by atoms with Crippen LogP contribution in [0.15, 0.2) is 24.3 Å². The summed E-state index contributed by atoms with van der Waals surface area (Å²) >= 11 is 0. The molecule has 0 amide bonds. The molecule has 182 valence electrons. The van der Waals surface area contributed by atoms with E-state index in [1.54, 1.807) is 39.2 Å². The first kappa shape index (κ1) is 23.9. The van der Waals surface area contributed by atoms with Crippen LogP contribution in [0.2, 0.25) is 0 Å². The number of rotatable bonds is 6. The van der Waals surface area contributed by atoms with E-state index in [0.29, 0.717) is 52.8 Å². The Morgan fingerprint density at radius 2 is 1.91 bits per heavy atom. The number of aryl methyl sites for hydroxylation is 1. The molecular formula is C24H27F3N4O3. The summed E-state index contributed by atoms with van der Waals surface area (Å²) in [6.45, 7) is 6.08. The van der Waals surface area contributed by atoms with Crippen molar-refractivity contribution in [2.24, 2.45) is 0 Å². The number of nitrogens with zero attached hydrogens (tertiary/aromatic N) is 2. The summed E-state index contributed by atoms with van der Waals surface area (Å²) in [5.41, 5.74) is 6.27. The molecule has 10 heteroatoms. The molecule has 0 radical (unpaired) electrons. The number of nitrogens with one attached hydrogen (secondary N) is 1. The fourth-order valence-corrected chi connectivity index (χ4v) is 4.19. The number of ether oxygens (including phenoxy) is 3. The number of benzene rings is 2. The highest BCUT2D eigenvalue weighted by molar-refractivity contribution is 5.92. The Morgan fingerprint density at radius 3 is 2.56 bits per heavy atom. The van der Waals surface area contributed by atoms with Crippen LogP contribution in [0.1, 0.15) is 41.9 Å². The lowest BCUT2D eigenvalue weighted by Gasteiger charge is -2.22. The quantitative estimate of drug-likeness (QED) is 0.473. The fourth-order valence-electron chi connectivity index (χ4n) is 4.19. The number of hydrogen-bond donors (Lipinski definition) is 2. The second-order valence-corrected chi connectivity index (χ2v) is 8.39. The fraction of sp³-hybridized carbons (Fsp3) is 0.417. The van der Waals surface area contributed by atoms with E-state index in [4.69, 9.17) is 19.9 Å². The monoisotopic (exact) mass is 476 g/mol. The third kappa shape index (κ3) is 4.82. The number of anilines is 2. The van der Waals surface area contributed by atoms with Crippen LogP contribution in [0.3, 0.4) is 0 Å². The van der Waals surface area contributed by atoms with E-state index in [1.807, 2.05) is 0 Å². The Bertz CT molecular complexity index is 1210. The SMILES string of the molecule is COc1cc2nc(C)nc(N[C@@H](C)c3cc(N)cc(C(F)(F)F)c3C)c2cc1O[C@H]1CCOC1. The largest absolute Gasteiger partial charge is 0.493 e. The molecular weight excluding hydrogens is 449 g/mol. The Balaban J connectivity index is 1.75. The molecule has 1 fully saturated rings. The van der Waals surface area contributed by atoms with Crippen LogP contribution in [0.5, 0.6) is 11.5 Å². The number of hydrogen-bond acceptors (Lipinski definition) is 7. The summed E-state index contributed by atoms with van der Waals surface area (Å²) in [6, 6.07) is 5.54. The third-order valence-corrected chi connectivity index (χ3v) is 5.87. The van der Waals surface area contributed by atoms with Gasteiger partial charge < -0.3 is 25.3 Å². The molecule has 0 unspecified atom stereocenters. The number of aromatic nitrogens is 2. The van der Waals surface area contributed by atoms with Crippen LogP contribution in [0, 0.1) is 13.8 Å². The number of nitrogen functional groups attached to an aromatic ring is 1. The van der Waals surface area contributed by atoms with Gasteiger partial charge in [0, 0.05) is 23.6 Å². The standard InChI is InChI=1S/C24H27F3N4O3/c1-12-17(7-15(28)8-19(12)24(25,26)27)13(2)29-23-18-9-22(34-16-5-6-33-11-16)21(32-4)10-20(18)30-14(3)31-23/h7-10,13,16H,5-6,11,28H2,1-4H3,(H,29,30,31)/t13-,16-/m0/s1. The minimum absolute atomic E-state index is 0.0458. The second-order valence-electron chi connectivity index (χ2n) is 8.39. The van der Waals surface area contributed by atoms with Crippen molar-refractivity contribution >= 4 is 22.4 Å². The summed E-state index contributed by atoms with van der Waals surface area (Å²) in [7, 11) is 1.55. The highest BCUT2D eigenvalue weighted by atomic mass is 19.4. The predicted octanol–water partition coefficient (Wildman–Crippen LogP) is 5.20. The van der Waals surface area contributed by atoms with Gasteiger partial charge in [0.05, 0.1) is 37.4 Å². The van der Waals surface area contributed by atoms with E-state index in [0.717, 1.165) is 12.5 Å². The van der Waals surface area contributed by atoms with Gasteiger partial charge in [-0.3, -0.25) is 0 Å². The molecule has 0 bridgehead atoms. The zero-order valence-electron chi connectivity index (χ0n) is 19.4. The van der Waals surface area contributed by atoms with Crippen LogP contribution >= 0.6 is 0 Å². The lowest BCUT2D eigenvalue weighted by Crippen LogP contribution is -2.17. The maximum atomic E-state index is 13.5. The Morgan fingerprint density at radius 1 is 1.15 bits per heavy atom. The van der Waals surface area contributed by atoms with Gasteiger partial charge in [-0.05, 0) is 50.1 Å². The molecule has 34 heavy (non-hydrogen) atoms. The normalized spacial score (nSPS) is 17.1. The van der Waals surface area contributed by atoms with Gasteiger partial charge in [-0.25, -0.2) is 9.97 Å². The summed E-state index contributed by atoms with van der Waals surface area (Å²) in [4.78, 5) is 9.02. The summed E-state index contributed by atoms with van der Waals surface area (Å²) < 4.78 is 57.5. The van der Waals surface area contributed by atoms with Gasteiger partial charge in [-0.1, -0.05) is 0 Å². The van der Waals surface area contributed by atoms with Crippen LogP contribution in [0.25, 0.3) is 10.9 Å². The van der Waals surface area contributed by atoms with Crippen LogP contribution < -0.4 is 20.5 Å². The number of nitrogens with two attached hydrogens (primary N) is 1. The summed E-state index contributed by atoms with van der Waals surface area (Å²) in [5, 5.41) is 3.91. The van der Waals surface area contributed by atoms with Crippen molar-refractivity contribution in [2.45, 2.75) is 45.5 Å². The average Bonchev–Trinajstić information content (AvgIpc) is 3.27. The van der Waals surface area contributed by atoms with Gasteiger partial charge in [-0.2, -0.15) is 13.2 Å². The molecule has 0 aliphatic carbocycles. The minimum Gasteiger partial charge on any atom is -0.493 e. The maximum Gasteiger partial charge on any atom is 0.416 e. The predicted molar refractivity (Wildman–Crippen MR) is 123 cm³/mol. The Labute approximate surface area is 195 Å². The molecule has 0 saturated carbocycles. The molecule has 1 aromatic heterocycles. The van der Waals surface area contributed by atoms with Gasteiger partial charge in [0.2, 0.25) is 0 Å². The topological polar surface area (TPSA) is 91.5 Å². The first-order chi connectivity index (χ1) is 16.1. The molecule has 3 aromatic rings. The molecule has 1 aliphatic rings. The van der Waals surface area contributed by atoms with E-state index < -0.39 is 17.8 Å². The highest BCUT2D eigenvalue weighted by Gasteiger charge is 2.34. The van der Waals surface area contributed by atoms with Gasteiger partial charge in [0.25, 0.3) is 0 Å². The molecule has 4 rings (SSSR count). The minimum atomic E-state index is -4.50. The Hall–Kier alpha value is -3.27. The van der Waals surface area contributed by atoms with E-state index >= 15 is 0 Å². The lowest BCUT2D eigenvalue weighted by atomic mass is 9.96. The zero-order valence-corrected chi connectivity index (χ0v) is 19.4. The van der Waals surface area contributed by atoms with E-state index in [9.17, 15) is 13.2 Å². The van der Waals surface area contributed by atoms with E-state index in [-0.39, 0.29) is 17.4 Å². The van der Waals surface area contributed by atoms with Crippen molar-refractivity contribution < 1.29 is 27.4 Å². The zero-order chi connectivity index (χ0) is 24.6. The first-order valence-corrected chi connectivity index (χ1v) is 10.9. The molecule has 0 spiro atoms. The maximum absolute atomic E-state index is 13.5. The summed E-state index contributed by atoms with van der Waals surface area (Å²) in [5.74, 6) is 2.02. The van der Waals surface area contributed by atoms with Crippen molar-refractivity contribution in [3.63, 3.8) is 0 Å². The molecule has 2 heterocycles.